The molecule has 0 unspecified atom stereocenters. The third-order valence-corrected chi connectivity index (χ3v) is 2.99. The highest BCUT2D eigenvalue weighted by molar-refractivity contribution is 5.67. The summed E-state index contributed by atoms with van der Waals surface area (Å²) >= 11 is 0. The number of rotatable bonds is 3. The van der Waals surface area contributed by atoms with Gasteiger partial charge in [0.15, 0.2) is 5.75 Å². The van der Waals surface area contributed by atoms with E-state index in [2.05, 4.69) is 5.10 Å². The zero-order valence-corrected chi connectivity index (χ0v) is 10.6. The van der Waals surface area contributed by atoms with Crippen molar-refractivity contribution in [2.24, 2.45) is 0 Å². The fraction of sp³-hybridized carbons (Fsp3) is 0.357. The second-order valence-corrected chi connectivity index (χ2v) is 4.18. The van der Waals surface area contributed by atoms with Gasteiger partial charge >= 0.3 is 0 Å². The molecular formula is C14H18N2O. The Morgan fingerprint density at radius 2 is 1.82 bits per heavy atom. The van der Waals surface area contributed by atoms with Gasteiger partial charge in [0.25, 0.3) is 0 Å². The van der Waals surface area contributed by atoms with E-state index in [1.165, 1.54) is 5.56 Å². The third kappa shape index (κ3) is 2.05. The van der Waals surface area contributed by atoms with Gasteiger partial charge in [-0.25, -0.2) is 0 Å². The summed E-state index contributed by atoms with van der Waals surface area (Å²) in [6, 6.07) is 8.06. The minimum Gasteiger partial charge on any atom is -0.504 e. The molecule has 0 fully saturated rings. The minimum absolute atomic E-state index is 0.318. The van der Waals surface area contributed by atoms with Crippen LogP contribution in [0.5, 0.6) is 5.75 Å². The Bertz CT molecular complexity index is 512. The number of aromatic nitrogens is 2. The van der Waals surface area contributed by atoms with Gasteiger partial charge in [0.2, 0.25) is 0 Å². The van der Waals surface area contributed by atoms with Gasteiger partial charge in [-0.2, -0.15) is 5.10 Å². The zero-order chi connectivity index (χ0) is 12.4. The summed E-state index contributed by atoms with van der Waals surface area (Å²) in [5.41, 5.74) is 3.76. The van der Waals surface area contributed by atoms with Crippen LogP contribution in [0.3, 0.4) is 0 Å². The molecule has 3 nitrogen and oxygen atoms in total. The van der Waals surface area contributed by atoms with Crippen LogP contribution in [-0.4, -0.2) is 14.9 Å². The molecule has 0 saturated heterocycles. The standard InChI is InChI=1S/C14H18N2O/c1-4-12-14(17)13(15-16(12)5-2)11-8-6-10(3)7-9-11/h6-9,17H,4-5H2,1-3H3. The lowest BCUT2D eigenvalue weighted by Crippen LogP contribution is -2.01. The highest BCUT2D eigenvalue weighted by atomic mass is 16.3. The first kappa shape index (κ1) is 11.7. The van der Waals surface area contributed by atoms with E-state index in [0.717, 1.165) is 24.2 Å². The Morgan fingerprint density at radius 1 is 1.18 bits per heavy atom. The van der Waals surface area contributed by atoms with Crippen molar-refractivity contribution < 1.29 is 5.11 Å². The fourth-order valence-corrected chi connectivity index (χ4v) is 2.00. The molecule has 0 spiro atoms. The molecule has 1 heterocycles. The smallest absolute Gasteiger partial charge is 0.164 e. The van der Waals surface area contributed by atoms with Gasteiger partial charge in [-0.3, -0.25) is 4.68 Å². The maximum Gasteiger partial charge on any atom is 0.164 e. The maximum atomic E-state index is 10.2. The number of nitrogens with zero attached hydrogens (tertiary/aromatic N) is 2. The molecule has 1 aromatic heterocycles. The number of hydrogen-bond donors (Lipinski definition) is 1. The molecule has 1 N–H and O–H groups in total. The third-order valence-electron chi connectivity index (χ3n) is 2.99. The van der Waals surface area contributed by atoms with Crippen LogP contribution in [0.15, 0.2) is 24.3 Å². The van der Waals surface area contributed by atoms with Gasteiger partial charge in [0.05, 0.1) is 5.69 Å². The largest absolute Gasteiger partial charge is 0.504 e. The Kier molecular flexibility index (Phi) is 3.18. The summed E-state index contributed by atoms with van der Waals surface area (Å²) in [5.74, 6) is 0.318. The van der Waals surface area contributed by atoms with E-state index in [-0.39, 0.29) is 0 Å². The van der Waals surface area contributed by atoms with E-state index < -0.39 is 0 Å². The molecule has 0 atom stereocenters. The van der Waals surface area contributed by atoms with Crippen molar-refractivity contribution in [3.63, 3.8) is 0 Å². The topological polar surface area (TPSA) is 38.1 Å². The molecule has 0 bridgehead atoms. The number of aryl methyl sites for hydroxylation is 2. The van der Waals surface area contributed by atoms with Crippen LogP contribution >= 0.6 is 0 Å². The zero-order valence-electron chi connectivity index (χ0n) is 10.6. The number of hydrogen-bond acceptors (Lipinski definition) is 2. The first-order chi connectivity index (χ1) is 8.17. The van der Waals surface area contributed by atoms with E-state index >= 15 is 0 Å². The lowest BCUT2D eigenvalue weighted by molar-refractivity contribution is 0.466. The number of benzene rings is 1. The van der Waals surface area contributed by atoms with E-state index in [9.17, 15) is 5.11 Å². The van der Waals surface area contributed by atoms with E-state index in [1.54, 1.807) is 0 Å². The highest BCUT2D eigenvalue weighted by Crippen LogP contribution is 2.31. The van der Waals surface area contributed by atoms with Crippen molar-refractivity contribution in [3.05, 3.63) is 35.5 Å². The van der Waals surface area contributed by atoms with Crippen LogP contribution in [0.4, 0.5) is 0 Å². The summed E-state index contributed by atoms with van der Waals surface area (Å²) in [5, 5.41) is 14.6. The van der Waals surface area contributed by atoms with Gasteiger partial charge in [-0.1, -0.05) is 36.8 Å². The Hall–Kier alpha value is -1.77. The van der Waals surface area contributed by atoms with Gasteiger partial charge in [-0.05, 0) is 20.3 Å². The molecule has 2 aromatic rings. The Balaban J connectivity index is 2.52. The summed E-state index contributed by atoms with van der Waals surface area (Å²) in [7, 11) is 0. The van der Waals surface area contributed by atoms with Gasteiger partial charge < -0.3 is 5.11 Å². The summed E-state index contributed by atoms with van der Waals surface area (Å²) in [6.45, 7) is 6.89. The maximum absolute atomic E-state index is 10.2. The fourth-order valence-electron chi connectivity index (χ4n) is 2.00. The Labute approximate surface area is 102 Å². The first-order valence-electron chi connectivity index (χ1n) is 6.03. The molecule has 0 saturated carbocycles. The van der Waals surface area contributed by atoms with E-state index in [1.807, 2.05) is 49.7 Å². The molecule has 0 aliphatic rings. The average Bonchev–Trinajstić information content (AvgIpc) is 2.66. The van der Waals surface area contributed by atoms with Crippen LogP contribution in [0, 0.1) is 6.92 Å². The van der Waals surface area contributed by atoms with Crippen LogP contribution < -0.4 is 0 Å². The molecule has 17 heavy (non-hydrogen) atoms. The predicted octanol–water partition coefficient (Wildman–Crippen LogP) is 3.15. The van der Waals surface area contributed by atoms with Crippen molar-refractivity contribution in [1.29, 1.82) is 0 Å². The molecule has 1 aromatic carbocycles. The highest BCUT2D eigenvalue weighted by Gasteiger charge is 2.15. The monoisotopic (exact) mass is 230 g/mol. The first-order valence-corrected chi connectivity index (χ1v) is 6.03. The average molecular weight is 230 g/mol. The summed E-state index contributed by atoms with van der Waals surface area (Å²) < 4.78 is 1.87. The van der Waals surface area contributed by atoms with Gasteiger partial charge in [-0.15, -0.1) is 0 Å². The Morgan fingerprint density at radius 3 is 2.29 bits per heavy atom. The quantitative estimate of drug-likeness (QED) is 0.879. The van der Waals surface area contributed by atoms with Crippen molar-refractivity contribution in [1.82, 2.24) is 9.78 Å². The lowest BCUT2D eigenvalue weighted by atomic mass is 10.1. The van der Waals surface area contributed by atoms with Crippen molar-refractivity contribution >= 4 is 0 Å². The molecule has 0 aliphatic heterocycles. The molecule has 2 rings (SSSR count). The van der Waals surface area contributed by atoms with Crippen molar-refractivity contribution in [2.75, 3.05) is 0 Å². The van der Waals surface area contributed by atoms with Crippen LogP contribution in [0.2, 0.25) is 0 Å². The van der Waals surface area contributed by atoms with Crippen molar-refractivity contribution in [2.45, 2.75) is 33.7 Å². The minimum atomic E-state index is 0.318. The van der Waals surface area contributed by atoms with Crippen LogP contribution in [0.1, 0.15) is 25.1 Å². The summed E-state index contributed by atoms with van der Waals surface area (Å²) in [6.07, 6.45) is 0.790. The molecular weight excluding hydrogens is 212 g/mol. The lowest BCUT2D eigenvalue weighted by Gasteiger charge is -1.99. The van der Waals surface area contributed by atoms with Gasteiger partial charge in [0.1, 0.15) is 5.69 Å². The molecule has 0 aliphatic carbocycles. The van der Waals surface area contributed by atoms with E-state index in [0.29, 0.717) is 11.4 Å². The SMILES string of the molecule is CCc1c(O)c(-c2ccc(C)cc2)nn1CC. The van der Waals surface area contributed by atoms with Crippen LogP contribution in [-0.2, 0) is 13.0 Å². The molecule has 3 heteroatoms. The second-order valence-electron chi connectivity index (χ2n) is 4.18. The molecule has 0 amide bonds. The normalized spacial score (nSPS) is 10.8. The number of aromatic hydroxyl groups is 1. The molecule has 0 radical (unpaired) electrons. The van der Waals surface area contributed by atoms with Crippen LogP contribution in [0.25, 0.3) is 11.3 Å². The van der Waals surface area contributed by atoms with E-state index in [4.69, 9.17) is 0 Å². The second kappa shape index (κ2) is 4.62. The molecule has 90 valence electrons. The summed E-state index contributed by atoms with van der Waals surface area (Å²) in [4.78, 5) is 0. The predicted molar refractivity (Wildman–Crippen MR) is 69.1 cm³/mol. The van der Waals surface area contributed by atoms with Crippen molar-refractivity contribution in [3.8, 4) is 17.0 Å². The van der Waals surface area contributed by atoms with Gasteiger partial charge in [0, 0.05) is 12.1 Å².